The van der Waals surface area contributed by atoms with E-state index in [0.717, 1.165) is 18.7 Å². The van der Waals surface area contributed by atoms with Crippen molar-refractivity contribution in [1.29, 1.82) is 0 Å². The lowest BCUT2D eigenvalue weighted by molar-refractivity contribution is -0.117. The zero-order chi connectivity index (χ0) is 20.4. The molecule has 29 heavy (non-hydrogen) atoms. The predicted octanol–water partition coefficient (Wildman–Crippen LogP) is 1.96. The van der Waals surface area contributed by atoms with Crippen LogP contribution in [0.25, 0.3) is 17.0 Å². The molecular weight excluding hydrogens is 375 g/mol. The van der Waals surface area contributed by atoms with Crippen LogP contribution in [0.15, 0.2) is 53.3 Å². The van der Waals surface area contributed by atoms with Crippen molar-refractivity contribution in [3.63, 3.8) is 0 Å². The van der Waals surface area contributed by atoms with Crippen molar-refractivity contribution in [2.75, 3.05) is 0 Å². The first-order valence-corrected chi connectivity index (χ1v) is 9.09. The van der Waals surface area contributed by atoms with Gasteiger partial charge in [0.05, 0.1) is 10.9 Å². The minimum absolute atomic E-state index is 0.103. The molecule has 2 heterocycles. The molecule has 8 heteroatoms. The first-order valence-electron chi connectivity index (χ1n) is 9.09. The fourth-order valence-electron chi connectivity index (χ4n) is 3.20. The Hall–Kier alpha value is -3.81. The summed E-state index contributed by atoms with van der Waals surface area (Å²) in [5.41, 5.74) is 5.87. The largest absolute Gasteiger partial charge is 0.296 e. The van der Waals surface area contributed by atoms with Crippen LogP contribution in [0, 0.1) is 5.82 Å². The molecule has 0 spiro atoms. The molecule has 0 unspecified atom stereocenters. The quantitative estimate of drug-likeness (QED) is 0.526. The number of nitrogens with one attached hydrogen (secondary N) is 2. The van der Waals surface area contributed by atoms with E-state index in [-0.39, 0.29) is 16.9 Å². The molecule has 0 bridgehead atoms. The number of hydrogen-bond donors (Lipinski definition) is 2. The molecule has 1 aliphatic rings. The van der Waals surface area contributed by atoms with Crippen LogP contribution < -0.4 is 16.4 Å². The van der Waals surface area contributed by atoms with Gasteiger partial charge in [0.2, 0.25) is 0 Å². The van der Waals surface area contributed by atoms with Gasteiger partial charge in [-0.3, -0.25) is 29.8 Å². The molecule has 0 atom stereocenters. The molecule has 2 N–H and O–H groups in total. The topological polar surface area (TPSA) is 93.1 Å². The number of aryl methyl sites for hydroxylation is 1. The summed E-state index contributed by atoms with van der Waals surface area (Å²) < 4.78 is 14.5. The summed E-state index contributed by atoms with van der Waals surface area (Å²) in [4.78, 5) is 41.1. The van der Waals surface area contributed by atoms with E-state index in [2.05, 4.69) is 15.8 Å². The van der Waals surface area contributed by atoms with E-state index < -0.39 is 11.8 Å². The molecule has 146 valence electrons. The molecule has 0 radical (unpaired) electrons. The van der Waals surface area contributed by atoms with E-state index in [1.165, 1.54) is 48.6 Å². The minimum atomic E-state index is -0.544. The van der Waals surface area contributed by atoms with Gasteiger partial charge in [0.1, 0.15) is 11.6 Å². The summed E-state index contributed by atoms with van der Waals surface area (Å²) in [5, 5.41) is 0.457. The van der Waals surface area contributed by atoms with Gasteiger partial charge in [-0.2, -0.15) is 0 Å². The molecular formula is C21H17FN4O3. The Morgan fingerprint density at radius 3 is 2.69 bits per heavy atom. The van der Waals surface area contributed by atoms with E-state index in [1.807, 2.05) is 0 Å². The van der Waals surface area contributed by atoms with Gasteiger partial charge >= 0.3 is 0 Å². The summed E-state index contributed by atoms with van der Waals surface area (Å²) in [6, 6.07) is 10.2. The number of hydrazine groups is 1. The highest BCUT2D eigenvalue weighted by atomic mass is 19.1. The number of hydrogen-bond acceptors (Lipinski definition) is 4. The van der Waals surface area contributed by atoms with Crippen molar-refractivity contribution in [1.82, 2.24) is 20.4 Å². The number of aromatic nitrogens is 2. The average Bonchev–Trinajstić information content (AvgIpc) is 3.20. The fourth-order valence-corrected chi connectivity index (χ4v) is 3.20. The maximum absolute atomic E-state index is 12.9. The van der Waals surface area contributed by atoms with Crippen LogP contribution in [0.3, 0.4) is 0 Å². The molecule has 3 aromatic rings. The van der Waals surface area contributed by atoms with E-state index in [1.54, 1.807) is 10.6 Å². The molecule has 2 aromatic carbocycles. The smallest absolute Gasteiger partial charge is 0.269 e. The number of halogens is 1. The van der Waals surface area contributed by atoms with Crippen LogP contribution in [0.2, 0.25) is 0 Å². The van der Waals surface area contributed by atoms with Gasteiger partial charge in [0.25, 0.3) is 17.4 Å². The van der Waals surface area contributed by atoms with Gasteiger partial charge in [-0.1, -0.05) is 12.1 Å². The Labute approximate surface area is 164 Å². The van der Waals surface area contributed by atoms with Crippen molar-refractivity contribution < 1.29 is 14.0 Å². The van der Waals surface area contributed by atoms with Crippen LogP contribution in [0.4, 0.5) is 4.39 Å². The van der Waals surface area contributed by atoms with Gasteiger partial charge in [-0.05, 0) is 48.4 Å². The molecule has 1 aromatic heterocycles. The number of amides is 2. The van der Waals surface area contributed by atoms with E-state index in [4.69, 9.17) is 0 Å². The number of carbonyl (C=O) groups is 2. The molecule has 4 rings (SSSR count). The standard InChI is InChI=1S/C21H17FN4O3/c22-15-7-3-13(4-8-15)5-10-19(27)24-25-20(28)14-6-9-16-17(12-14)23-18-2-1-11-26(18)21(16)29/h3-10,12H,1-2,11H2,(H,24,27)(H,25,28)/b10-5+. The van der Waals surface area contributed by atoms with E-state index >= 15 is 0 Å². The Morgan fingerprint density at radius 1 is 1.10 bits per heavy atom. The first kappa shape index (κ1) is 18.5. The predicted molar refractivity (Wildman–Crippen MR) is 105 cm³/mol. The Balaban J connectivity index is 1.43. The summed E-state index contributed by atoms with van der Waals surface area (Å²) in [6.45, 7) is 0.664. The second-order valence-electron chi connectivity index (χ2n) is 6.65. The molecule has 7 nitrogen and oxygen atoms in total. The lowest BCUT2D eigenvalue weighted by Gasteiger charge is -2.08. The van der Waals surface area contributed by atoms with Crippen LogP contribution in [-0.2, 0) is 17.8 Å². The zero-order valence-corrected chi connectivity index (χ0v) is 15.3. The van der Waals surface area contributed by atoms with Gasteiger partial charge in [-0.25, -0.2) is 9.37 Å². The normalized spacial score (nSPS) is 12.9. The molecule has 2 amide bonds. The molecule has 1 aliphatic heterocycles. The van der Waals surface area contributed by atoms with Crippen LogP contribution in [0.1, 0.15) is 28.2 Å². The highest BCUT2D eigenvalue weighted by Gasteiger charge is 2.17. The number of benzene rings is 2. The third-order valence-corrected chi connectivity index (χ3v) is 4.68. The number of nitrogens with zero attached hydrogens (tertiary/aromatic N) is 2. The first-order chi connectivity index (χ1) is 14.0. The number of rotatable bonds is 3. The Morgan fingerprint density at radius 2 is 1.90 bits per heavy atom. The third-order valence-electron chi connectivity index (χ3n) is 4.68. The molecule has 0 saturated heterocycles. The maximum Gasteiger partial charge on any atom is 0.269 e. The van der Waals surface area contributed by atoms with Crippen LogP contribution >= 0.6 is 0 Å². The second-order valence-corrected chi connectivity index (χ2v) is 6.65. The average molecular weight is 392 g/mol. The van der Waals surface area contributed by atoms with Gasteiger partial charge in [-0.15, -0.1) is 0 Å². The van der Waals surface area contributed by atoms with Crippen LogP contribution in [0.5, 0.6) is 0 Å². The van der Waals surface area contributed by atoms with Crippen molar-refractivity contribution in [3.05, 3.63) is 81.7 Å². The van der Waals surface area contributed by atoms with Crippen molar-refractivity contribution >= 4 is 28.8 Å². The van der Waals surface area contributed by atoms with E-state index in [9.17, 15) is 18.8 Å². The lowest BCUT2D eigenvalue weighted by atomic mass is 10.1. The van der Waals surface area contributed by atoms with Crippen molar-refractivity contribution in [3.8, 4) is 0 Å². The zero-order valence-electron chi connectivity index (χ0n) is 15.3. The van der Waals surface area contributed by atoms with Crippen molar-refractivity contribution in [2.24, 2.45) is 0 Å². The summed E-state index contributed by atoms with van der Waals surface area (Å²) in [7, 11) is 0. The summed E-state index contributed by atoms with van der Waals surface area (Å²) in [5.74, 6) is -0.717. The SMILES string of the molecule is O=C(/C=C/c1ccc(F)cc1)NNC(=O)c1ccc2c(=O)n3c(nc2c1)CCC3. The minimum Gasteiger partial charge on any atom is -0.296 e. The van der Waals surface area contributed by atoms with Crippen molar-refractivity contribution in [2.45, 2.75) is 19.4 Å². The summed E-state index contributed by atoms with van der Waals surface area (Å²) in [6.07, 6.45) is 4.33. The lowest BCUT2D eigenvalue weighted by Crippen LogP contribution is -2.40. The van der Waals surface area contributed by atoms with Gasteiger partial charge in [0, 0.05) is 24.6 Å². The third kappa shape index (κ3) is 3.91. The maximum atomic E-state index is 12.9. The number of carbonyl (C=O) groups excluding carboxylic acids is 2. The monoisotopic (exact) mass is 392 g/mol. The fraction of sp³-hybridized carbons (Fsp3) is 0.143. The Bertz CT molecular complexity index is 1200. The highest BCUT2D eigenvalue weighted by Crippen LogP contribution is 2.16. The molecule has 0 aliphatic carbocycles. The van der Waals surface area contributed by atoms with E-state index in [0.29, 0.717) is 23.0 Å². The Kier molecular flexibility index (Phi) is 4.90. The van der Waals surface area contributed by atoms with Gasteiger partial charge < -0.3 is 0 Å². The second kappa shape index (κ2) is 7.67. The van der Waals surface area contributed by atoms with Crippen LogP contribution in [-0.4, -0.2) is 21.4 Å². The molecule has 0 saturated carbocycles. The molecule has 0 fully saturated rings. The van der Waals surface area contributed by atoms with Gasteiger partial charge in [0.15, 0.2) is 0 Å². The number of fused-ring (bicyclic) bond motifs is 2. The summed E-state index contributed by atoms with van der Waals surface area (Å²) >= 11 is 0. The highest BCUT2D eigenvalue weighted by molar-refractivity contribution is 6.00.